The molecule has 16 heavy (non-hydrogen) atoms. The van der Waals surface area contributed by atoms with Gasteiger partial charge in [-0.3, -0.25) is 4.79 Å². The lowest BCUT2D eigenvalue weighted by Gasteiger charge is -2.20. The fraction of sp³-hybridized carbons (Fsp3) is 0.818. The normalized spacial score (nSPS) is 12.7. The van der Waals surface area contributed by atoms with E-state index in [0.29, 0.717) is 12.3 Å². The number of hydrogen-bond donors (Lipinski definition) is 2. The van der Waals surface area contributed by atoms with E-state index < -0.39 is 12.0 Å². The molecule has 94 valence electrons. The lowest BCUT2D eigenvalue weighted by Crippen LogP contribution is -2.45. The van der Waals surface area contributed by atoms with Crippen molar-refractivity contribution >= 4 is 11.9 Å². The van der Waals surface area contributed by atoms with Crippen molar-refractivity contribution in [2.24, 2.45) is 11.7 Å². The first-order valence-corrected chi connectivity index (χ1v) is 5.56. The molecule has 0 heterocycles. The first kappa shape index (κ1) is 14.9. The van der Waals surface area contributed by atoms with Crippen LogP contribution < -0.4 is 11.1 Å². The maximum atomic E-state index is 11.7. The Hall–Kier alpha value is -1.10. The van der Waals surface area contributed by atoms with Gasteiger partial charge in [0.1, 0.15) is 6.04 Å². The average molecular weight is 230 g/mol. The lowest BCUT2D eigenvalue weighted by atomic mass is 10.0. The highest BCUT2D eigenvalue weighted by Crippen LogP contribution is 2.07. The second-order valence-corrected chi connectivity index (χ2v) is 4.44. The zero-order chi connectivity index (χ0) is 12.7. The third-order valence-corrected chi connectivity index (χ3v) is 1.86. The van der Waals surface area contributed by atoms with Crippen LogP contribution in [0.4, 0.5) is 0 Å². The number of nitrogens with one attached hydrogen (secondary N) is 1. The van der Waals surface area contributed by atoms with Crippen LogP contribution in [0.3, 0.4) is 0 Å². The van der Waals surface area contributed by atoms with E-state index in [2.05, 4.69) is 5.32 Å². The highest BCUT2D eigenvalue weighted by Gasteiger charge is 2.23. The summed E-state index contributed by atoms with van der Waals surface area (Å²) in [7, 11) is 0. The molecule has 0 aliphatic rings. The minimum absolute atomic E-state index is 0.121. The summed E-state index contributed by atoms with van der Waals surface area (Å²) in [5.41, 5.74) is 5.19. The Kier molecular flexibility index (Phi) is 6.72. The molecule has 0 aliphatic heterocycles. The van der Waals surface area contributed by atoms with Crippen LogP contribution in [0.5, 0.6) is 0 Å². The Morgan fingerprint density at radius 2 is 1.81 bits per heavy atom. The van der Waals surface area contributed by atoms with E-state index in [9.17, 15) is 9.59 Å². The molecule has 0 saturated heterocycles. The Labute approximate surface area is 96.7 Å². The maximum absolute atomic E-state index is 11.7. The molecule has 1 amide bonds. The van der Waals surface area contributed by atoms with Crippen molar-refractivity contribution < 1.29 is 14.3 Å². The van der Waals surface area contributed by atoms with Crippen LogP contribution in [-0.4, -0.2) is 30.6 Å². The molecule has 0 spiro atoms. The van der Waals surface area contributed by atoms with Gasteiger partial charge < -0.3 is 15.8 Å². The molecule has 0 fully saturated rings. The zero-order valence-corrected chi connectivity index (χ0v) is 10.4. The van der Waals surface area contributed by atoms with Crippen molar-refractivity contribution in [1.29, 1.82) is 0 Å². The van der Waals surface area contributed by atoms with Crippen molar-refractivity contribution in [3.8, 4) is 0 Å². The third kappa shape index (κ3) is 6.40. The molecule has 0 rings (SSSR count). The van der Waals surface area contributed by atoms with Gasteiger partial charge in [-0.1, -0.05) is 13.8 Å². The van der Waals surface area contributed by atoms with Crippen molar-refractivity contribution in [3.63, 3.8) is 0 Å². The summed E-state index contributed by atoms with van der Waals surface area (Å²) in [6.07, 6.45) is 0.369. The summed E-state index contributed by atoms with van der Waals surface area (Å²) in [6, 6.07) is -0.599. The second kappa shape index (κ2) is 7.22. The van der Waals surface area contributed by atoms with Crippen LogP contribution in [0, 0.1) is 5.92 Å². The monoisotopic (exact) mass is 230 g/mol. The summed E-state index contributed by atoms with van der Waals surface area (Å²) in [5, 5.41) is 2.56. The topological polar surface area (TPSA) is 81.4 Å². The number of ether oxygens (including phenoxy) is 1. The van der Waals surface area contributed by atoms with Gasteiger partial charge in [0, 0.05) is 0 Å². The summed E-state index contributed by atoms with van der Waals surface area (Å²) in [5.74, 6) is -0.445. The van der Waals surface area contributed by atoms with Crippen molar-refractivity contribution in [1.82, 2.24) is 5.32 Å². The molecule has 3 N–H and O–H groups in total. The van der Waals surface area contributed by atoms with Gasteiger partial charge in [-0.15, -0.1) is 0 Å². The Morgan fingerprint density at radius 1 is 1.25 bits per heavy atom. The van der Waals surface area contributed by atoms with E-state index in [4.69, 9.17) is 10.5 Å². The molecule has 0 aliphatic carbocycles. The number of carbonyl (C=O) groups excluding carboxylic acids is 2. The first-order chi connectivity index (χ1) is 7.36. The second-order valence-electron chi connectivity index (χ2n) is 4.44. The van der Waals surface area contributed by atoms with Crippen molar-refractivity contribution in [3.05, 3.63) is 0 Å². The van der Waals surface area contributed by atoms with E-state index in [-0.39, 0.29) is 18.6 Å². The number of hydrogen-bond acceptors (Lipinski definition) is 4. The maximum Gasteiger partial charge on any atom is 0.328 e. The number of nitrogens with two attached hydrogens (primary N) is 1. The number of amides is 1. The smallest absolute Gasteiger partial charge is 0.328 e. The van der Waals surface area contributed by atoms with Crippen LogP contribution in [0.25, 0.3) is 0 Å². The fourth-order valence-electron chi connectivity index (χ4n) is 1.25. The predicted molar refractivity (Wildman–Crippen MR) is 61.7 cm³/mol. The average Bonchev–Trinajstić information content (AvgIpc) is 2.14. The fourth-order valence-corrected chi connectivity index (χ4v) is 1.25. The molecule has 5 nitrogen and oxygen atoms in total. The molecular formula is C11H22N2O3. The van der Waals surface area contributed by atoms with Gasteiger partial charge in [0.15, 0.2) is 0 Å². The van der Waals surface area contributed by atoms with E-state index >= 15 is 0 Å². The minimum atomic E-state index is -0.599. The number of rotatable bonds is 6. The number of carbonyl (C=O) groups is 2. The van der Waals surface area contributed by atoms with E-state index in [1.54, 1.807) is 13.8 Å². The quantitative estimate of drug-likeness (QED) is 0.648. The highest BCUT2D eigenvalue weighted by atomic mass is 16.5. The van der Waals surface area contributed by atoms with Gasteiger partial charge >= 0.3 is 5.97 Å². The first-order valence-electron chi connectivity index (χ1n) is 5.56. The van der Waals surface area contributed by atoms with Crippen LogP contribution in [0.1, 0.15) is 34.1 Å². The Bertz CT molecular complexity index is 239. The zero-order valence-electron chi connectivity index (χ0n) is 10.4. The van der Waals surface area contributed by atoms with Gasteiger partial charge in [0.25, 0.3) is 0 Å². The molecule has 0 aromatic carbocycles. The molecule has 0 radical (unpaired) electrons. The molecule has 0 unspecified atom stereocenters. The van der Waals surface area contributed by atoms with Crippen LogP contribution in [0.2, 0.25) is 0 Å². The molecule has 1 atom stereocenters. The van der Waals surface area contributed by atoms with E-state index in [0.717, 1.165) is 0 Å². The predicted octanol–water partition coefficient (Wildman–Crippen LogP) is 0.428. The molecule has 5 heteroatoms. The summed E-state index contributed by atoms with van der Waals surface area (Å²) < 4.78 is 5.06. The Balaban J connectivity index is 4.40. The van der Waals surface area contributed by atoms with Gasteiger partial charge in [0.2, 0.25) is 5.91 Å². The summed E-state index contributed by atoms with van der Waals surface area (Å²) in [4.78, 5) is 22.8. The standard InChI is InChI=1S/C11H22N2O3/c1-7(2)5-9(13-10(14)6-12)11(15)16-8(3)4/h7-9H,5-6,12H2,1-4H3,(H,13,14)/t9-/m0/s1. The van der Waals surface area contributed by atoms with Gasteiger partial charge in [-0.2, -0.15) is 0 Å². The van der Waals surface area contributed by atoms with Gasteiger partial charge in [0.05, 0.1) is 12.6 Å². The molecule has 0 aromatic heterocycles. The van der Waals surface area contributed by atoms with Crippen molar-refractivity contribution in [2.45, 2.75) is 46.3 Å². The summed E-state index contributed by atoms with van der Waals surface area (Å²) >= 11 is 0. The Morgan fingerprint density at radius 3 is 2.19 bits per heavy atom. The highest BCUT2D eigenvalue weighted by molar-refractivity contribution is 5.85. The molecule has 0 bridgehead atoms. The molecule has 0 saturated carbocycles. The summed E-state index contributed by atoms with van der Waals surface area (Å²) in [6.45, 7) is 7.38. The lowest BCUT2D eigenvalue weighted by molar-refractivity contribution is -0.151. The SMILES string of the molecule is CC(C)C[C@H](NC(=O)CN)C(=O)OC(C)C. The van der Waals surface area contributed by atoms with Crippen LogP contribution in [0.15, 0.2) is 0 Å². The largest absolute Gasteiger partial charge is 0.461 e. The van der Waals surface area contributed by atoms with Crippen molar-refractivity contribution in [2.75, 3.05) is 6.54 Å². The minimum Gasteiger partial charge on any atom is -0.461 e. The number of esters is 1. The van der Waals surface area contributed by atoms with Gasteiger partial charge in [-0.25, -0.2) is 4.79 Å². The molecule has 0 aromatic rings. The molecular weight excluding hydrogens is 208 g/mol. The third-order valence-electron chi connectivity index (χ3n) is 1.86. The van der Waals surface area contributed by atoms with E-state index in [1.807, 2.05) is 13.8 Å². The van der Waals surface area contributed by atoms with Crippen LogP contribution >= 0.6 is 0 Å². The van der Waals surface area contributed by atoms with E-state index in [1.165, 1.54) is 0 Å². The van der Waals surface area contributed by atoms with Crippen LogP contribution in [-0.2, 0) is 14.3 Å². The van der Waals surface area contributed by atoms with Gasteiger partial charge in [-0.05, 0) is 26.2 Å².